The van der Waals surface area contributed by atoms with Crippen molar-refractivity contribution in [1.82, 2.24) is 21.3 Å². The van der Waals surface area contributed by atoms with E-state index in [0.29, 0.717) is 6.42 Å². The minimum Gasteiger partial charge on any atom is -0.480 e. The number of amides is 4. The van der Waals surface area contributed by atoms with Crippen molar-refractivity contribution in [3.05, 3.63) is 0 Å². The van der Waals surface area contributed by atoms with Crippen molar-refractivity contribution < 1.29 is 29.1 Å². The third-order valence-electron chi connectivity index (χ3n) is 3.74. The van der Waals surface area contributed by atoms with E-state index < -0.39 is 60.3 Å². The average molecular weight is 434 g/mol. The van der Waals surface area contributed by atoms with Crippen LogP contribution >= 0.6 is 12.6 Å². The summed E-state index contributed by atoms with van der Waals surface area (Å²) in [6.07, 6.45) is 0.349. The van der Waals surface area contributed by atoms with Crippen LogP contribution < -0.4 is 27.0 Å². The second-order valence-electron chi connectivity index (χ2n) is 7.07. The number of hydrogen-bond donors (Lipinski definition) is 7. The molecule has 0 fully saturated rings. The molecule has 0 aromatic heterocycles. The van der Waals surface area contributed by atoms with Crippen molar-refractivity contribution in [3.63, 3.8) is 0 Å². The highest BCUT2D eigenvalue weighted by Gasteiger charge is 2.26. The van der Waals surface area contributed by atoms with Crippen LogP contribution in [0.15, 0.2) is 0 Å². The van der Waals surface area contributed by atoms with Crippen LogP contribution in [0.1, 0.15) is 34.1 Å². The quantitative estimate of drug-likeness (QED) is 0.174. The smallest absolute Gasteiger partial charge is 0.327 e. The molecule has 0 radical (unpaired) electrons. The molecule has 166 valence electrons. The summed E-state index contributed by atoms with van der Waals surface area (Å²) < 4.78 is 0. The number of aliphatic carboxylic acids is 1. The molecule has 4 amide bonds. The molecule has 29 heavy (non-hydrogen) atoms. The molecule has 0 aromatic carbocycles. The Bertz CT molecular complexity index is 613. The third kappa shape index (κ3) is 10.7. The first-order valence-corrected chi connectivity index (χ1v) is 9.79. The molecule has 4 unspecified atom stereocenters. The van der Waals surface area contributed by atoms with Crippen LogP contribution in [0.3, 0.4) is 0 Å². The van der Waals surface area contributed by atoms with Crippen molar-refractivity contribution in [1.29, 1.82) is 0 Å². The minimum absolute atomic E-state index is 0.0981. The van der Waals surface area contributed by atoms with E-state index in [2.05, 4.69) is 33.9 Å². The highest BCUT2D eigenvalue weighted by atomic mass is 32.1. The average Bonchev–Trinajstić information content (AvgIpc) is 2.62. The Hall–Kier alpha value is -2.34. The van der Waals surface area contributed by atoms with Crippen LogP contribution in [-0.2, 0) is 24.0 Å². The second-order valence-corrected chi connectivity index (χ2v) is 7.43. The summed E-state index contributed by atoms with van der Waals surface area (Å²) in [4.78, 5) is 58.9. The summed E-state index contributed by atoms with van der Waals surface area (Å²) in [6.45, 7) is 6.19. The summed E-state index contributed by atoms with van der Waals surface area (Å²) in [5, 5.41) is 18.4. The lowest BCUT2D eigenvalue weighted by Gasteiger charge is -2.23. The molecule has 0 aliphatic rings. The number of thiol groups is 1. The Morgan fingerprint density at radius 2 is 1.48 bits per heavy atom. The second kappa shape index (κ2) is 13.0. The van der Waals surface area contributed by atoms with Gasteiger partial charge in [-0.15, -0.1) is 0 Å². The Kier molecular flexibility index (Phi) is 11.9. The zero-order valence-electron chi connectivity index (χ0n) is 17.0. The standard InChI is InChI=1S/C17H31N5O6S/c1-8(2)5-11(22-14(24)9(3)18)16(26)20-10(4)15(25)19-6-13(23)21-12(7-29)17(27)28/h8-12,29H,5-7,18H2,1-4H3,(H,19,25)(H,20,26)(H,21,23)(H,22,24)(H,27,28). The van der Waals surface area contributed by atoms with E-state index in [1.165, 1.54) is 13.8 Å². The first-order chi connectivity index (χ1) is 13.4. The maximum Gasteiger partial charge on any atom is 0.327 e. The molecule has 4 atom stereocenters. The lowest BCUT2D eigenvalue weighted by Crippen LogP contribution is -2.55. The van der Waals surface area contributed by atoms with E-state index in [1.807, 2.05) is 13.8 Å². The molecule has 0 rings (SSSR count). The van der Waals surface area contributed by atoms with Gasteiger partial charge in [-0.05, 0) is 26.2 Å². The van der Waals surface area contributed by atoms with Crippen molar-refractivity contribution in [3.8, 4) is 0 Å². The molecule has 0 saturated heterocycles. The number of carbonyl (C=O) groups is 5. The lowest BCUT2D eigenvalue weighted by atomic mass is 10.0. The summed E-state index contributed by atoms with van der Waals surface area (Å²) in [7, 11) is 0. The van der Waals surface area contributed by atoms with Gasteiger partial charge in [0.05, 0.1) is 12.6 Å². The summed E-state index contributed by atoms with van der Waals surface area (Å²) >= 11 is 3.82. The molecular formula is C17H31N5O6S. The van der Waals surface area contributed by atoms with Gasteiger partial charge in [0.15, 0.2) is 0 Å². The number of carbonyl (C=O) groups excluding carboxylic acids is 4. The molecule has 0 aliphatic carbocycles. The number of carboxylic acid groups (broad SMARTS) is 1. The normalized spacial score (nSPS) is 14.9. The van der Waals surface area contributed by atoms with E-state index in [9.17, 15) is 24.0 Å². The fourth-order valence-corrected chi connectivity index (χ4v) is 2.38. The largest absolute Gasteiger partial charge is 0.480 e. The van der Waals surface area contributed by atoms with Crippen molar-refractivity contribution in [2.75, 3.05) is 12.3 Å². The zero-order chi connectivity index (χ0) is 22.7. The Morgan fingerprint density at radius 1 is 0.897 bits per heavy atom. The molecular weight excluding hydrogens is 402 g/mol. The fraction of sp³-hybridized carbons (Fsp3) is 0.706. The van der Waals surface area contributed by atoms with E-state index in [-0.39, 0.29) is 11.7 Å². The monoisotopic (exact) mass is 433 g/mol. The molecule has 7 N–H and O–H groups in total. The maximum absolute atomic E-state index is 12.4. The molecule has 0 aromatic rings. The van der Waals surface area contributed by atoms with E-state index in [1.54, 1.807) is 0 Å². The van der Waals surface area contributed by atoms with Crippen molar-refractivity contribution >= 4 is 42.2 Å². The zero-order valence-corrected chi connectivity index (χ0v) is 17.9. The van der Waals surface area contributed by atoms with Crippen molar-refractivity contribution in [2.45, 2.75) is 58.3 Å². The van der Waals surface area contributed by atoms with Crippen LogP contribution in [0.4, 0.5) is 0 Å². The molecule has 0 heterocycles. The van der Waals surface area contributed by atoms with E-state index >= 15 is 0 Å². The topological polar surface area (TPSA) is 180 Å². The number of rotatable bonds is 12. The van der Waals surface area contributed by atoms with E-state index in [4.69, 9.17) is 10.8 Å². The van der Waals surface area contributed by atoms with Crippen LogP contribution in [0.25, 0.3) is 0 Å². The highest BCUT2D eigenvalue weighted by Crippen LogP contribution is 2.06. The highest BCUT2D eigenvalue weighted by molar-refractivity contribution is 7.80. The van der Waals surface area contributed by atoms with Gasteiger partial charge in [0.2, 0.25) is 23.6 Å². The number of nitrogens with two attached hydrogens (primary N) is 1. The van der Waals surface area contributed by atoms with Gasteiger partial charge in [-0.1, -0.05) is 13.8 Å². The molecule has 0 bridgehead atoms. The first kappa shape index (κ1) is 26.7. The van der Waals surface area contributed by atoms with Crippen LogP contribution in [0, 0.1) is 5.92 Å². The van der Waals surface area contributed by atoms with Crippen molar-refractivity contribution in [2.24, 2.45) is 11.7 Å². The van der Waals surface area contributed by atoms with Gasteiger partial charge < -0.3 is 32.1 Å². The van der Waals surface area contributed by atoms with Gasteiger partial charge in [-0.2, -0.15) is 12.6 Å². The molecule has 11 nitrogen and oxygen atoms in total. The fourth-order valence-electron chi connectivity index (χ4n) is 2.14. The molecule has 0 spiro atoms. The van der Waals surface area contributed by atoms with E-state index in [0.717, 1.165) is 0 Å². The summed E-state index contributed by atoms with van der Waals surface area (Å²) in [5.41, 5.74) is 5.51. The van der Waals surface area contributed by atoms with Gasteiger partial charge in [-0.3, -0.25) is 19.2 Å². The summed E-state index contributed by atoms with van der Waals surface area (Å²) in [6, 6.07) is -3.81. The molecule has 0 saturated carbocycles. The predicted molar refractivity (Wildman–Crippen MR) is 109 cm³/mol. The van der Waals surface area contributed by atoms with Gasteiger partial charge in [-0.25, -0.2) is 4.79 Å². The van der Waals surface area contributed by atoms with Gasteiger partial charge >= 0.3 is 5.97 Å². The Balaban J connectivity index is 4.72. The van der Waals surface area contributed by atoms with Crippen LogP contribution in [-0.4, -0.2) is 71.2 Å². The summed E-state index contributed by atoms with van der Waals surface area (Å²) in [5.74, 6) is -3.65. The van der Waals surface area contributed by atoms with Crippen LogP contribution in [0.2, 0.25) is 0 Å². The lowest BCUT2D eigenvalue weighted by molar-refractivity contribution is -0.141. The SMILES string of the molecule is CC(C)CC(NC(=O)C(C)N)C(=O)NC(C)C(=O)NCC(=O)NC(CS)C(=O)O. The Labute approximate surface area is 175 Å². The Morgan fingerprint density at radius 3 is 1.93 bits per heavy atom. The van der Waals surface area contributed by atoms with Gasteiger partial charge in [0, 0.05) is 5.75 Å². The molecule has 0 aliphatic heterocycles. The first-order valence-electron chi connectivity index (χ1n) is 9.16. The predicted octanol–water partition coefficient (Wildman–Crippen LogP) is -2.02. The van der Waals surface area contributed by atoms with Crippen LogP contribution in [0.5, 0.6) is 0 Å². The minimum atomic E-state index is -1.25. The third-order valence-corrected chi connectivity index (χ3v) is 4.11. The maximum atomic E-state index is 12.4. The molecule has 12 heteroatoms. The van der Waals surface area contributed by atoms with Gasteiger partial charge in [0.25, 0.3) is 0 Å². The van der Waals surface area contributed by atoms with Gasteiger partial charge in [0.1, 0.15) is 18.1 Å². The number of nitrogens with one attached hydrogen (secondary N) is 4. The number of hydrogen-bond acceptors (Lipinski definition) is 7. The number of carboxylic acids is 1.